The van der Waals surface area contributed by atoms with Crippen LogP contribution in [0.5, 0.6) is 0 Å². The van der Waals surface area contributed by atoms with Gasteiger partial charge in [0.25, 0.3) is 5.71 Å². The van der Waals surface area contributed by atoms with Gasteiger partial charge in [0.05, 0.1) is 17.9 Å². The molecule has 0 aliphatic rings. The van der Waals surface area contributed by atoms with Gasteiger partial charge >= 0.3 is 5.97 Å². The van der Waals surface area contributed by atoms with E-state index in [1.807, 2.05) is 19.1 Å². The minimum atomic E-state index is -0.315. The fourth-order valence-electron chi connectivity index (χ4n) is 2.22. The highest BCUT2D eigenvalue weighted by Crippen LogP contribution is 2.22. The molecule has 3 aromatic rings. The summed E-state index contributed by atoms with van der Waals surface area (Å²) < 4.78 is 10.1. The summed E-state index contributed by atoms with van der Waals surface area (Å²) in [5, 5.41) is 7.90. The van der Waals surface area contributed by atoms with Gasteiger partial charge < -0.3 is 14.6 Å². The number of benzene rings is 1. The molecule has 0 atom stereocenters. The quantitative estimate of drug-likeness (QED) is 0.724. The van der Waals surface area contributed by atoms with Crippen molar-refractivity contribution in [2.75, 3.05) is 11.9 Å². The van der Waals surface area contributed by atoms with E-state index < -0.39 is 0 Å². The van der Waals surface area contributed by atoms with Crippen LogP contribution in [0.3, 0.4) is 0 Å². The first-order valence-electron chi connectivity index (χ1n) is 7.26. The number of hydrogen-bond acceptors (Lipinski definition) is 7. The number of rotatable bonds is 5. The molecule has 0 saturated carbocycles. The van der Waals surface area contributed by atoms with Gasteiger partial charge in [-0.2, -0.15) is 4.98 Å². The number of aryl methyl sites for hydroxylation is 1. The molecule has 2 heterocycles. The second kappa shape index (κ2) is 6.43. The molecule has 1 aromatic carbocycles. The number of carbonyl (C=O) groups is 1. The predicted molar refractivity (Wildman–Crippen MR) is 84.1 cm³/mol. The second-order valence-corrected chi connectivity index (χ2v) is 4.94. The normalized spacial score (nSPS) is 10.7. The van der Waals surface area contributed by atoms with Crippen molar-refractivity contribution in [3.63, 3.8) is 0 Å². The van der Waals surface area contributed by atoms with Crippen molar-refractivity contribution in [2.24, 2.45) is 0 Å². The summed E-state index contributed by atoms with van der Waals surface area (Å²) in [6, 6.07) is 7.24. The fraction of sp³-hybridized carbons (Fsp3) is 0.250. The molecule has 2 aromatic heterocycles. The number of aromatic nitrogens is 3. The number of ether oxygens (including phenoxy) is 1. The maximum absolute atomic E-state index is 11.6. The summed E-state index contributed by atoms with van der Waals surface area (Å²) in [6.07, 6.45) is 1.43. The molecule has 0 bridgehead atoms. The molecular formula is C16H16N4O3. The fourth-order valence-corrected chi connectivity index (χ4v) is 2.22. The van der Waals surface area contributed by atoms with Gasteiger partial charge in [-0.1, -0.05) is 17.3 Å². The summed E-state index contributed by atoms with van der Waals surface area (Å²) in [4.78, 5) is 19.9. The van der Waals surface area contributed by atoms with Crippen molar-refractivity contribution in [1.82, 2.24) is 15.1 Å². The van der Waals surface area contributed by atoms with Crippen LogP contribution in [0.1, 0.15) is 28.5 Å². The van der Waals surface area contributed by atoms with E-state index in [0.717, 1.165) is 16.6 Å². The largest absolute Gasteiger partial charge is 0.462 e. The van der Waals surface area contributed by atoms with E-state index in [-0.39, 0.29) is 5.97 Å². The molecule has 3 rings (SSSR count). The number of fused-ring (bicyclic) bond motifs is 1. The van der Waals surface area contributed by atoms with Crippen molar-refractivity contribution < 1.29 is 14.1 Å². The smallest absolute Gasteiger partial charge is 0.338 e. The van der Waals surface area contributed by atoms with Gasteiger partial charge in [0.2, 0.25) is 0 Å². The minimum absolute atomic E-state index is 0.315. The van der Waals surface area contributed by atoms with Crippen LogP contribution in [0.15, 0.2) is 35.1 Å². The number of nitrogens with zero attached hydrogens (tertiary/aromatic N) is 3. The summed E-state index contributed by atoms with van der Waals surface area (Å²) >= 11 is 0. The van der Waals surface area contributed by atoms with Gasteiger partial charge in [-0.15, -0.1) is 0 Å². The van der Waals surface area contributed by atoms with Crippen LogP contribution in [0, 0.1) is 6.92 Å². The molecule has 0 fully saturated rings. The van der Waals surface area contributed by atoms with Crippen molar-refractivity contribution in [3.05, 3.63) is 47.4 Å². The number of nitrogens with one attached hydrogen (secondary N) is 1. The monoisotopic (exact) mass is 312 g/mol. The lowest BCUT2D eigenvalue weighted by Crippen LogP contribution is -2.06. The third-order valence-corrected chi connectivity index (χ3v) is 3.37. The molecular weight excluding hydrogens is 296 g/mol. The van der Waals surface area contributed by atoms with Crippen LogP contribution < -0.4 is 5.32 Å². The molecule has 0 unspecified atom stereocenters. The first kappa shape index (κ1) is 15.0. The Labute approximate surface area is 132 Å². The first-order valence-corrected chi connectivity index (χ1v) is 7.26. The molecule has 1 N–H and O–H groups in total. The Kier molecular flexibility index (Phi) is 4.18. The Balaban J connectivity index is 1.72. The molecule has 118 valence electrons. The zero-order chi connectivity index (χ0) is 16.2. The highest BCUT2D eigenvalue weighted by Gasteiger charge is 2.11. The molecule has 7 heteroatoms. The minimum Gasteiger partial charge on any atom is -0.462 e. The van der Waals surface area contributed by atoms with Crippen LogP contribution in [-0.2, 0) is 11.3 Å². The number of carbonyl (C=O) groups excluding carboxylic acids is 1. The molecule has 0 spiro atoms. The molecule has 0 aliphatic carbocycles. The summed E-state index contributed by atoms with van der Waals surface area (Å²) in [5.74, 6) is 0.354. The van der Waals surface area contributed by atoms with Crippen LogP contribution in [-0.4, -0.2) is 27.7 Å². The van der Waals surface area contributed by atoms with Crippen LogP contribution in [0.4, 0.5) is 5.82 Å². The molecule has 23 heavy (non-hydrogen) atoms. The van der Waals surface area contributed by atoms with Gasteiger partial charge in [0.15, 0.2) is 0 Å². The highest BCUT2D eigenvalue weighted by atomic mass is 16.5. The van der Waals surface area contributed by atoms with Gasteiger partial charge in [-0.25, -0.2) is 9.78 Å². The van der Waals surface area contributed by atoms with Crippen molar-refractivity contribution in [2.45, 2.75) is 20.4 Å². The molecule has 0 aliphatic heterocycles. The van der Waals surface area contributed by atoms with E-state index in [1.54, 1.807) is 19.1 Å². The van der Waals surface area contributed by atoms with E-state index in [4.69, 9.17) is 9.26 Å². The lowest BCUT2D eigenvalue weighted by molar-refractivity contribution is 0.0526. The Hall–Kier alpha value is -2.96. The SMILES string of the molecule is CCOC(=O)c1ccc(CNc2ncnc3onc(C)c23)cc1. The van der Waals surface area contributed by atoms with E-state index in [2.05, 4.69) is 20.4 Å². The molecule has 0 saturated heterocycles. The lowest BCUT2D eigenvalue weighted by Gasteiger charge is -2.07. The van der Waals surface area contributed by atoms with Gasteiger partial charge in [-0.3, -0.25) is 0 Å². The molecule has 7 nitrogen and oxygen atoms in total. The maximum Gasteiger partial charge on any atom is 0.338 e. The maximum atomic E-state index is 11.6. The van der Waals surface area contributed by atoms with Crippen molar-refractivity contribution in [3.8, 4) is 0 Å². The third-order valence-electron chi connectivity index (χ3n) is 3.37. The standard InChI is InChI=1S/C16H16N4O3/c1-3-22-16(21)12-6-4-11(5-7-12)8-17-14-13-10(2)20-23-15(13)19-9-18-14/h4-7,9H,3,8H2,1-2H3,(H,17,18,19). The summed E-state index contributed by atoms with van der Waals surface area (Å²) in [6.45, 7) is 4.55. The van der Waals surface area contributed by atoms with E-state index in [1.165, 1.54) is 6.33 Å². The van der Waals surface area contributed by atoms with Crippen LogP contribution >= 0.6 is 0 Å². The Morgan fingerprint density at radius 2 is 2.04 bits per heavy atom. The number of hydrogen-bond donors (Lipinski definition) is 1. The Bertz CT molecular complexity index is 827. The van der Waals surface area contributed by atoms with Crippen molar-refractivity contribution in [1.29, 1.82) is 0 Å². The topological polar surface area (TPSA) is 90.1 Å². The van der Waals surface area contributed by atoms with Crippen LogP contribution in [0.2, 0.25) is 0 Å². The average Bonchev–Trinajstić information content (AvgIpc) is 2.96. The van der Waals surface area contributed by atoms with E-state index in [0.29, 0.717) is 30.2 Å². The second-order valence-electron chi connectivity index (χ2n) is 4.94. The Morgan fingerprint density at radius 1 is 1.26 bits per heavy atom. The predicted octanol–water partition coefficient (Wildman–Crippen LogP) is 2.72. The summed E-state index contributed by atoms with van der Waals surface area (Å²) in [7, 11) is 0. The van der Waals surface area contributed by atoms with E-state index in [9.17, 15) is 4.79 Å². The third kappa shape index (κ3) is 3.13. The first-order chi connectivity index (χ1) is 11.2. The van der Waals surface area contributed by atoms with Crippen LogP contribution in [0.25, 0.3) is 11.1 Å². The number of esters is 1. The zero-order valence-corrected chi connectivity index (χ0v) is 12.9. The van der Waals surface area contributed by atoms with Gasteiger partial charge in [0, 0.05) is 6.54 Å². The molecule has 0 radical (unpaired) electrons. The van der Waals surface area contributed by atoms with E-state index >= 15 is 0 Å². The van der Waals surface area contributed by atoms with Crippen molar-refractivity contribution >= 4 is 22.9 Å². The summed E-state index contributed by atoms with van der Waals surface area (Å²) in [5.41, 5.74) is 2.74. The zero-order valence-electron chi connectivity index (χ0n) is 12.9. The number of anilines is 1. The van der Waals surface area contributed by atoms with Gasteiger partial charge in [-0.05, 0) is 31.5 Å². The van der Waals surface area contributed by atoms with Gasteiger partial charge in [0.1, 0.15) is 17.5 Å². The highest BCUT2D eigenvalue weighted by molar-refractivity contribution is 5.89. The Morgan fingerprint density at radius 3 is 2.78 bits per heavy atom. The molecule has 0 amide bonds. The lowest BCUT2D eigenvalue weighted by atomic mass is 10.1. The average molecular weight is 312 g/mol.